The summed E-state index contributed by atoms with van der Waals surface area (Å²) < 4.78 is 7.62. The predicted molar refractivity (Wildman–Crippen MR) is 126 cm³/mol. The first-order valence-electron chi connectivity index (χ1n) is 11.9. The Morgan fingerprint density at radius 3 is 2.91 bits per heavy atom. The zero-order valence-electron chi connectivity index (χ0n) is 19.8. The fraction of sp³-hybridized carbons (Fsp3) is 0.583. The zero-order chi connectivity index (χ0) is 23.4. The van der Waals surface area contributed by atoms with E-state index in [1.165, 1.54) is 0 Å². The Balaban J connectivity index is 1.66. The Hall–Kier alpha value is -2.62. The number of ether oxygens (including phenoxy) is 1. The predicted octanol–water partition coefficient (Wildman–Crippen LogP) is 2.65. The van der Waals surface area contributed by atoms with Crippen molar-refractivity contribution in [3.63, 3.8) is 0 Å². The molecule has 1 saturated heterocycles. The van der Waals surface area contributed by atoms with E-state index in [0.717, 1.165) is 60.1 Å². The molecule has 0 saturated carbocycles. The highest BCUT2D eigenvalue weighted by molar-refractivity contribution is 5.82. The van der Waals surface area contributed by atoms with Gasteiger partial charge in [-0.3, -0.25) is 9.69 Å². The van der Waals surface area contributed by atoms with Crippen LogP contribution in [0.5, 0.6) is 0 Å². The van der Waals surface area contributed by atoms with Crippen molar-refractivity contribution in [3.05, 3.63) is 51.1 Å². The molecule has 0 aliphatic carbocycles. The van der Waals surface area contributed by atoms with Gasteiger partial charge in [0.25, 0.3) is 5.56 Å². The summed E-state index contributed by atoms with van der Waals surface area (Å²) in [6.07, 6.45) is 3.92. The van der Waals surface area contributed by atoms with Crippen molar-refractivity contribution in [3.8, 4) is 0 Å². The van der Waals surface area contributed by atoms with Crippen LogP contribution in [-0.4, -0.2) is 61.1 Å². The van der Waals surface area contributed by atoms with E-state index >= 15 is 0 Å². The van der Waals surface area contributed by atoms with Gasteiger partial charge in [0.05, 0.1) is 30.8 Å². The number of hydrogen-bond acceptors (Lipinski definition) is 7. The standard InChI is InChI=1S/C24H34N6O3/c1-4-6-21(23-26-27-28-30(23)15-20-7-5-10-33-20)29(8-9-31)14-19-13-18-12-16(2)11-17(3)22(18)25-24(19)32/h11-13,20-21,31H,4-10,14-15H2,1-3H3,(H,25,32)/t20-,21-/m0/s1. The summed E-state index contributed by atoms with van der Waals surface area (Å²) in [7, 11) is 0. The van der Waals surface area contributed by atoms with Gasteiger partial charge in [0, 0.05) is 25.3 Å². The second-order valence-electron chi connectivity index (χ2n) is 9.02. The van der Waals surface area contributed by atoms with Gasteiger partial charge in [0.2, 0.25) is 0 Å². The van der Waals surface area contributed by atoms with Crippen LogP contribution in [0.15, 0.2) is 23.0 Å². The molecule has 0 unspecified atom stereocenters. The number of aromatic nitrogens is 5. The summed E-state index contributed by atoms with van der Waals surface area (Å²) in [5, 5.41) is 23.4. The van der Waals surface area contributed by atoms with Crippen LogP contribution in [0.1, 0.15) is 61.2 Å². The molecule has 9 nitrogen and oxygen atoms in total. The van der Waals surface area contributed by atoms with Gasteiger partial charge in [-0.15, -0.1) is 5.10 Å². The zero-order valence-corrected chi connectivity index (χ0v) is 19.8. The summed E-state index contributed by atoms with van der Waals surface area (Å²) in [4.78, 5) is 18.1. The molecular formula is C24H34N6O3. The van der Waals surface area contributed by atoms with E-state index < -0.39 is 0 Å². The number of pyridine rings is 1. The third-order valence-corrected chi connectivity index (χ3v) is 6.39. The number of nitrogens with zero attached hydrogens (tertiary/aromatic N) is 5. The van der Waals surface area contributed by atoms with Gasteiger partial charge in [-0.2, -0.15) is 0 Å². The Bertz CT molecular complexity index is 1130. The van der Waals surface area contributed by atoms with Gasteiger partial charge in [-0.1, -0.05) is 25.0 Å². The van der Waals surface area contributed by atoms with Crippen LogP contribution >= 0.6 is 0 Å². The molecule has 0 bridgehead atoms. The number of H-pyrrole nitrogens is 1. The minimum absolute atomic E-state index is 0.0166. The second-order valence-corrected chi connectivity index (χ2v) is 9.02. The fourth-order valence-corrected chi connectivity index (χ4v) is 4.85. The lowest BCUT2D eigenvalue weighted by atomic mass is 10.0. The van der Waals surface area contributed by atoms with Crippen molar-refractivity contribution >= 4 is 10.9 Å². The molecule has 1 fully saturated rings. The SMILES string of the molecule is CCC[C@@H](c1nnnn1C[C@@H]1CCCO1)N(CCO)Cc1cc2cc(C)cc(C)c2[nH]c1=O. The topological polar surface area (TPSA) is 109 Å². The molecule has 178 valence electrons. The molecule has 0 spiro atoms. The Kier molecular flexibility index (Phi) is 7.52. The number of hydrogen-bond donors (Lipinski definition) is 2. The molecule has 3 heterocycles. The highest BCUT2D eigenvalue weighted by atomic mass is 16.5. The minimum atomic E-state index is -0.118. The number of benzene rings is 1. The number of aliphatic hydroxyl groups is 1. The van der Waals surface area contributed by atoms with E-state index in [9.17, 15) is 9.90 Å². The van der Waals surface area contributed by atoms with E-state index in [2.05, 4.69) is 51.4 Å². The van der Waals surface area contributed by atoms with Gasteiger partial charge in [-0.05, 0) is 66.6 Å². The number of nitrogens with one attached hydrogen (secondary N) is 1. The molecule has 0 radical (unpaired) electrons. The smallest absolute Gasteiger partial charge is 0.252 e. The molecule has 1 aliphatic rings. The number of aryl methyl sites for hydroxylation is 2. The van der Waals surface area contributed by atoms with Gasteiger partial charge < -0.3 is 14.8 Å². The van der Waals surface area contributed by atoms with E-state index in [1.807, 2.05) is 17.7 Å². The van der Waals surface area contributed by atoms with E-state index in [1.54, 1.807) is 0 Å². The fourth-order valence-electron chi connectivity index (χ4n) is 4.85. The molecule has 2 aromatic heterocycles. The Labute approximate surface area is 193 Å². The summed E-state index contributed by atoms with van der Waals surface area (Å²) in [5.41, 5.74) is 3.64. The quantitative estimate of drug-likeness (QED) is 0.485. The van der Waals surface area contributed by atoms with Gasteiger partial charge in [-0.25, -0.2) is 4.68 Å². The maximum Gasteiger partial charge on any atom is 0.252 e. The maximum absolute atomic E-state index is 13.0. The van der Waals surface area contributed by atoms with Crippen molar-refractivity contribution in [2.75, 3.05) is 19.8 Å². The molecule has 33 heavy (non-hydrogen) atoms. The van der Waals surface area contributed by atoms with Crippen LogP contribution in [0.25, 0.3) is 10.9 Å². The molecule has 3 aromatic rings. The van der Waals surface area contributed by atoms with E-state index in [0.29, 0.717) is 25.2 Å². The van der Waals surface area contributed by atoms with Crippen LogP contribution in [0.2, 0.25) is 0 Å². The van der Waals surface area contributed by atoms with Crippen LogP contribution < -0.4 is 5.56 Å². The number of tetrazole rings is 1. The average Bonchev–Trinajstić information content (AvgIpc) is 3.45. The monoisotopic (exact) mass is 454 g/mol. The molecule has 0 amide bonds. The van der Waals surface area contributed by atoms with Crippen molar-refractivity contribution in [2.24, 2.45) is 0 Å². The lowest BCUT2D eigenvalue weighted by molar-refractivity contribution is 0.0870. The molecular weight excluding hydrogens is 420 g/mol. The lowest BCUT2D eigenvalue weighted by Crippen LogP contribution is -2.35. The number of rotatable bonds is 10. The first kappa shape index (κ1) is 23.5. The van der Waals surface area contributed by atoms with E-state index in [-0.39, 0.29) is 24.3 Å². The molecule has 2 N–H and O–H groups in total. The van der Waals surface area contributed by atoms with Crippen LogP contribution in [0, 0.1) is 13.8 Å². The van der Waals surface area contributed by atoms with Crippen molar-refractivity contribution in [2.45, 2.75) is 71.7 Å². The molecule has 9 heteroatoms. The maximum atomic E-state index is 13.0. The average molecular weight is 455 g/mol. The summed E-state index contributed by atoms with van der Waals surface area (Å²) >= 11 is 0. The summed E-state index contributed by atoms with van der Waals surface area (Å²) in [6, 6.07) is 6.01. The third-order valence-electron chi connectivity index (χ3n) is 6.39. The van der Waals surface area contributed by atoms with Crippen molar-refractivity contribution in [1.29, 1.82) is 0 Å². The Morgan fingerprint density at radius 2 is 2.18 bits per heavy atom. The minimum Gasteiger partial charge on any atom is -0.395 e. The van der Waals surface area contributed by atoms with Gasteiger partial charge >= 0.3 is 0 Å². The molecule has 2 atom stereocenters. The molecule has 4 rings (SSSR count). The highest BCUT2D eigenvalue weighted by Gasteiger charge is 2.28. The number of aliphatic hydroxyl groups excluding tert-OH is 1. The summed E-state index contributed by atoms with van der Waals surface area (Å²) in [6.45, 7) is 8.38. The number of aromatic amines is 1. The van der Waals surface area contributed by atoms with Crippen LogP contribution in [0.3, 0.4) is 0 Å². The Morgan fingerprint density at radius 1 is 1.33 bits per heavy atom. The number of fused-ring (bicyclic) bond motifs is 1. The van der Waals surface area contributed by atoms with Crippen LogP contribution in [0.4, 0.5) is 0 Å². The first-order valence-corrected chi connectivity index (χ1v) is 11.9. The normalized spacial score (nSPS) is 17.3. The van der Waals surface area contributed by atoms with Gasteiger partial charge in [0.1, 0.15) is 0 Å². The van der Waals surface area contributed by atoms with Crippen LogP contribution in [-0.2, 0) is 17.8 Å². The van der Waals surface area contributed by atoms with Crippen molar-refractivity contribution in [1.82, 2.24) is 30.1 Å². The third kappa shape index (κ3) is 5.31. The van der Waals surface area contributed by atoms with E-state index in [4.69, 9.17) is 4.74 Å². The largest absolute Gasteiger partial charge is 0.395 e. The summed E-state index contributed by atoms with van der Waals surface area (Å²) in [5.74, 6) is 0.754. The highest BCUT2D eigenvalue weighted by Crippen LogP contribution is 2.27. The second kappa shape index (κ2) is 10.5. The van der Waals surface area contributed by atoms with Gasteiger partial charge in [0.15, 0.2) is 5.82 Å². The molecule has 1 aliphatic heterocycles. The molecule has 1 aromatic carbocycles. The first-order chi connectivity index (χ1) is 16.0. The van der Waals surface area contributed by atoms with Crippen molar-refractivity contribution < 1.29 is 9.84 Å². The lowest BCUT2D eigenvalue weighted by Gasteiger charge is -2.30.